The molecule has 7 nitrogen and oxygen atoms in total. The van der Waals surface area contributed by atoms with E-state index in [9.17, 15) is 0 Å². The highest BCUT2D eigenvalue weighted by molar-refractivity contribution is 5.79. The fraction of sp³-hybridized carbons (Fsp3) is 0.727. The van der Waals surface area contributed by atoms with Crippen LogP contribution in [0.25, 0.3) is 0 Å². The Hall–Kier alpha value is -1.86. The molecule has 1 aliphatic heterocycles. The molecule has 1 aromatic heterocycles. The summed E-state index contributed by atoms with van der Waals surface area (Å²) in [4.78, 5) is 11.2. The summed E-state index contributed by atoms with van der Waals surface area (Å²) >= 11 is 0. The van der Waals surface area contributed by atoms with Gasteiger partial charge in [-0.1, -0.05) is 31.7 Å². The van der Waals surface area contributed by atoms with Crippen molar-refractivity contribution in [1.82, 2.24) is 15.6 Å². The zero-order valence-electron chi connectivity index (χ0n) is 18.0. The Labute approximate surface area is 175 Å². The maximum atomic E-state index is 6.03. The molecule has 2 fully saturated rings. The predicted molar refractivity (Wildman–Crippen MR) is 118 cm³/mol. The molecule has 1 aliphatic carbocycles. The van der Waals surface area contributed by atoms with Gasteiger partial charge in [-0.3, -0.25) is 4.99 Å². The number of nitrogens with zero attached hydrogens (tertiary/aromatic N) is 3. The molecule has 0 spiro atoms. The average molecular weight is 404 g/mol. The first-order valence-electron chi connectivity index (χ1n) is 11.1. The van der Waals surface area contributed by atoms with Gasteiger partial charge >= 0.3 is 0 Å². The predicted octanol–water partition coefficient (Wildman–Crippen LogP) is 2.71. The van der Waals surface area contributed by atoms with E-state index in [4.69, 9.17) is 9.47 Å². The van der Waals surface area contributed by atoms with Gasteiger partial charge in [-0.05, 0) is 31.4 Å². The molecular formula is C22H37N5O2. The third-order valence-corrected chi connectivity index (χ3v) is 5.61. The van der Waals surface area contributed by atoms with E-state index in [1.807, 2.05) is 6.20 Å². The molecule has 1 saturated carbocycles. The van der Waals surface area contributed by atoms with E-state index >= 15 is 0 Å². The van der Waals surface area contributed by atoms with Crippen LogP contribution >= 0.6 is 0 Å². The van der Waals surface area contributed by atoms with Gasteiger partial charge in [-0.15, -0.1) is 0 Å². The summed E-state index contributed by atoms with van der Waals surface area (Å²) in [6, 6.07) is 4.21. The van der Waals surface area contributed by atoms with Gasteiger partial charge in [0.1, 0.15) is 5.82 Å². The molecule has 0 amide bonds. The van der Waals surface area contributed by atoms with E-state index in [1.165, 1.54) is 38.5 Å². The van der Waals surface area contributed by atoms with Crippen LogP contribution in [0.1, 0.15) is 51.0 Å². The molecule has 0 bridgehead atoms. The number of ether oxygens (including phenoxy) is 2. The molecule has 1 aromatic rings. The topological polar surface area (TPSA) is 71.0 Å². The maximum Gasteiger partial charge on any atom is 0.191 e. The van der Waals surface area contributed by atoms with Crippen molar-refractivity contribution in [3.05, 3.63) is 23.9 Å². The first-order chi connectivity index (χ1) is 14.2. The number of guanidine groups is 1. The molecule has 1 saturated heterocycles. The lowest BCUT2D eigenvalue weighted by Crippen LogP contribution is -2.41. The number of morpholine rings is 1. The largest absolute Gasteiger partial charge is 0.376 e. The lowest BCUT2D eigenvalue weighted by atomic mass is 10.1. The number of aromatic nitrogens is 1. The van der Waals surface area contributed by atoms with Crippen LogP contribution in [0.15, 0.2) is 23.3 Å². The van der Waals surface area contributed by atoms with E-state index in [0.717, 1.165) is 50.2 Å². The van der Waals surface area contributed by atoms with Gasteiger partial charge in [0.05, 0.1) is 25.4 Å². The molecule has 162 valence electrons. The summed E-state index contributed by atoms with van der Waals surface area (Å²) in [5.74, 6) is 1.81. The van der Waals surface area contributed by atoms with Crippen molar-refractivity contribution in [3.8, 4) is 0 Å². The van der Waals surface area contributed by atoms with Crippen molar-refractivity contribution in [1.29, 1.82) is 0 Å². The van der Waals surface area contributed by atoms with Gasteiger partial charge in [0.15, 0.2) is 5.96 Å². The van der Waals surface area contributed by atoms with Crippen LogP contribution in [0.4, 0.5) is 5.82 Å². The third kappa shape index (κ3) is 7.48. The maximum absolute atomic E-state index is 6.03. The Kier molecular flexibility index (Phi) is 9.02. The molecule has 1 atom stereocenters. The first-order valence-corrected chi connectivity index (χ1v) is 11.1. The lowest BCUT2D eigenvalue weighted by molar-refractivity contribution is 0.0468. The smallest absolute Gasteiger partial charge is 0.191 e. The quantitative estimate of drug-likeness (QED) is 0.316. The highest BCUT2D eigenvalue weighted by Crippen LogP contribution is 2.19. The molecular weight excluding hydrogens is 366 g/mol. The van der Waals surface area contributed by atoms with Crippen molar-refractivity contribution >= 4 is 11.8 Å². The van der Waals surface area contributed by atoms with E-state index in [0.29, 0.717) is 12.6 Å². The van der Waals surface area contributed by atoms with Crippen LogP contribution in [0.2, 0.25) is 0 Å². The summed E-state index contributed by atoms with van der Waals surface area (Å²) in [6.45, 7) is 6.83. The summed E-state index contributed by atoms with van der Waals surface area (Å²) in [6.07, 6.45) is 10.4. The Balaban J connectivity index is 1.35. The summed E-state index contributed by atoms with van der Waals surface area (Å²) < 4.78 is 11.6. The number of hydrogen-bond donors (Lipinski definition) is 2. The van der Waals surface area contributed by atoms with E-state index in [-0.39, 0.29) is 6.10 Å². The van der Waals surface area contributed by atoms with Crippen LogP contribution in [-0.4, -0.2) is 63.0 Å². The Morgan fingerprint density at radius 3 is 2.76 bits per heavy atom. The second-order valence-corrected chi connectivity index (χ2v) is 7.99. The molecule has 0 aromatic carbocycles. The second-order valence-electron chi connectivity index (χ2n) is 7.99. The number of anilines is 1. The lowest BCUT2D eigenvalue weighted by Gasteiger charge is -2.32. The second kappa shape index (κ2) is 12.0. The number of pyridine rings is 1. The molecule has 3 rings (SSSR count). The Morgan fingerprint density at radius 1 is 1.24 bits per heavy atom. The van der Waals surface area contributed by atoms with Crippen LogP contribution in [-0.2, 0) is 16.0 Å². The minimum Gasteiger partial charge on any atom is -0.376 e. The van der Waals surface area contributed by atoms with Gasteiger partial charge < -0.3 is 25.0 Å². The molecule has 29 heavy (non-hydrogen) atoms. The normalized spacial score (nSPS) is 21.7. The van der Waals surface area contributed by atoms with E-state index in [2.05, 4.69) is 44.6 Å². The van der Waals surface area contributed by atoms with Crippen LogP contribution in [0.5, 0.6) is 0 Å². The summed E-state index contributed by atoms with van der Waals surface area (Å²) in [7, 11) is 1.79. The van der Waals surface area contributed by atoms with Gasteiger partial charge in [0, 0.05) is 39.4 Å². The number of rotatable bonds is 7. The van der Waals surface area contributed by atoms with Gasteiger partial charge in [0.25, 0.3) is 0 Å². The first kappa shape index (κ1) is 21.8. The summed E-state index contributed by atoms with van der Waals surface area (Å²) in [5, 5.41) is 6.68. The fourth-order valence-electron chi connectivity index (χ4n) is 3.94. The minimum absolute atomic E-state index is 0.257. The minimum atomic E-state index is 0.257. The van der Waals surface area contributed by atoms with Crippen LogP contribution < -0.4 is 15.5 Å². The van der Waals surface area contributed by atoms with E-state index in [1.54, 1.807) is 7.05 Å². The number of hydrogen-bond acceptors (Lipinski definition) is 5. The van der Waals surface area contributed by atoms with Gasteiger partial charge in [0.2, 0.25) is 0 Å². The van der Waals surface area contributed by atoms with Gasteiger partial charge in [-0.2, -0.15) is 0 Å². The van der Waals surface area contributed by atoms with Crippen LogP contribution in [0.3, 0.4) is 0 Å². The van der Waals surface area contributed by atoms with E-state index < -0.39 is 0 Å². The van der Waals surface area contributed by atoms with Crippen molar-refractivity contribution in [2.75, 3.05) is 44.8 Å². The molecule has 7 heteroatoms. The highest BCUT2D eigenvalue weighted by atomic mass is 16.5. The van der Waals surface area contributed by atoms with Crippen molar-refractivity contribution in [2.24, 2.45) is 4.99 Å². The fourth-order valence-corrected chi connectivity index (χ4v) is 3.94. The highest BCUT2D eigenvalue weighted by Gasteiger charge is 2.17. The zero-order valence-corrected chi connectivity index (χ0v) is 18.0. The number of nitrogens with one attached hydrogen (secondary N) is 2. The molecule has 2 N–H and O–H groups in total. The Morgan fingerprint density at radius 2 is 2.07 bits per heavy atom. The van der Waals surface area contributed by atoms with Gasteiger partial charge in [-0.25, -0.2) is 4.98 Å². The average Bonchev–Trinajstić information content (AvgIpc) is 3.02. The molecule has 0 radical (unpaired) electrons. The van der Waals surface area contributed by atoms with Crippen molar-refractivity contribution in [3.63, 3.8) is 0 Å². The Bertz CT molecular complexity index is 614. The van der Waals surface area contributed by atoms with Crippen molar-refractivity contribution < 1.29 is 9.47 Å². The standard InChI is InChI=1S/C22H37N5O2/c1-18-17-27(12-14-28-18)21-10-9-19(15-25-21)16-26-22(23-2)24-11-13-29-20-7-5-3-4-6-8-20/h9-10,15,18,20H,3-8,11-14,16-17H2,1-2H3,(H2,23,24,26). The van der Waals surface area contributed by atoms with Crippen LogP contribution in [0, 0.1) is 0 Å². The molecule has 1 unspecified atom stereocenters. The SMILES string of the molecule is CN=C(NCCOC1CCCCCC1)NCc1ccc(N2CCOC(C)C2)nc1. The zero-order chi connectivity index (χ0) is 20.3. The molecule has 2 heterocycles. The number of aliphatic imine (C=N–C) groups is 1. The third-order valence-electron chi connectivity index (χ3n) is 5.61. The van der Waals surface area contributed by atoms with Crippen molar-refractivity contribution in [2.45, 2.75) is 64.2 Å². The molecule has 2 aliphatic rings. The monoisotopic (exact) mass is 403 g/mol. The summed E-state index contributed by atoms with van der Waals surface area (Å²) in [5.41, 5.74) is 1.13.